The summed E-state index contributed by atoms with van der Waals surface area (Å²) in [5.41, 5.74) is 6.23. The third kappa shape index (κ3) is 5.92. The summed E-state index contributed by atoms with van der Waals surface area (Å²) >= 11 is 0. The van der Waals surface area contributed by atoms with Crippen molar-refractivity contribution in [3.05, 3.63) is 23.5 Å². The first-order valence-corrected chi connectivity index (χ1v) is 7.90. The van der Waals surface area contributed by atoms with E-state index in [0.29, 0.717) is 49.2 Å². The van der Waals surface area contributed by atoms with E-state index in [9.17, 15) is 4.39 Å². The van der Waals surface area contributed by atoms with Crippen LogP contribution in [0.25, 0.3) is 0 Å². The van der Waals surface area contributed by atoms with Crippen molar-refractivity contribution in [2.45, 2.75) is 46.5 Å². The number of hydrogen-bond donors (Lipinski definition) is 1. The highest BCUT2D eigenvalue weighted by atomic mass is 19.1. The standard InChI is InChI=1S/C17H28FNO2/c1-4-8-20-16-11-14(10-13(3)6-7-19)15(18)12-17(16)21-9-5-2/h11-13H,4-10,19H2,1-3H3. The highest BCUT2D eigenvalue weighted by molar-refractivity contribution is 5.44. The Labute approximate surface area is 127 Å². The van der Waals surface area contributed by atoms with E-state index in [-0.39, 0.29) is 5.82 Å². The zero-order chi connectivity index (χ0) is 15.7. The monoisotopic (exact) mass is 297 g/mol. The molecule has 0 aliphatic rings. The summed E-state index contributed by atoms with van der Waals surface area (Å²) in [4.78, 5) is 0. The van der Waals surface area contributed by atoms with Gasteiger partial charge in [-0.15, -0.1) is 0 Å². The van der Waals surface area contributed by atoms with E-state index >= 15 is 0 Å². The number of benzene rings is 1. The van der Waals surface area contributed by atoms with E-state index in [1.165, 1.54) is 6.07 Å². The summed E-state index contributed by atoms with van der Waals surface area (Å²) in [6.45, 7) is 7.93. The average molecular weight is 297 g/mol. The first kappa shape index (κ1) is 17.8. The molecule has 4 heteroatoms. The molecule has 0 aliphatic heterocycles. The lowest BCUT2D eigenvalue weighted by Gasteiger charge is -2.16. The molecule has 1 aromatic rings. The van der Waals surface area contributed by atoms with Gasteiger partial charge in [0.2, 0.25) is 0 Å². The van der Waals surface area contributed by atoms with Crippen LogP contribution in [0, 0.1) is 11.7 Å². The van der Waals surface area contributed by atoms with Crippen molar-refractivity contribution in [1.82, 2.24) is 0 Å². The molecule has 1 aromatic carbocycles. The topological polar surface area (TPSA) is 44.5 Å². The molecular formula is C17H28FNO2. The molecule has 0 amide bonds. The quantitative estimate of drug-likeness (QED) is 0.711. The Morgan fingerprint density at radius 1 is 1.10 bits per heavy atom. The summed E-state index contributed by atoms with van der Waals surface area (Å²) in [5, 5.41) is 0. The lowest BCUT2D eigenvalue weighted by molar-refractivity contribution is 0.266. The molecule has 0 aromatic heterocycles. The van der Waals surface area contributed by atoms with Gasteiger partial charge < -0.3 is 15.2 Å². The Hall–Kier alpha value is -1.29. The van der Waals surface area contributed by atoms with Crippen molar-refractivity contribution in [2.75, 3.05) is 19.8 Å². The first-order valence-electron chi connectivity index (χ1n) is 7.90. The fourth-order valence-corrected chi connectivity index (χ4v) is 2.15. The molecule has 0 radical (unpaired) electrons. The number of nitrogens with two attached hydrogens (primary N) is 1. The van der Waals surface area contributed by atoms with Crippen molar-refractivity contribution < 1.29 is 13.9 Å². The fraction of sp³-hybridized carbons (Fsp3) is 0.647. The summed E-state index contributed by atoms with van der Waals surface area (Å²) in [5.74, 6) is 1.26. The summed E-state index contributed by atoms with van der Waals surface area (Å²) in [6.07, 6.45) is 3.34. The molecule has 1 atom stereocenters. The van der Waals surface area contributed by atoms with Gasteiger partial charge in [0.15, 0.2) is 11.5 Å². The lowest BCUT2D eigenvalue weighted by Crippen LogP contribution is -2.10. The van der Waals surface area contributed by atoms with Crippen molar-refractivity contribution in [1.29, 1.82) is 0 Å². The van der Waals surface area contributed by atoms with Crippen LogP contribution < -0.4 is 15.2 Å². The predicted molar refractivity (Wildman–Crippen MR) is 84.5 cm³/mol. The van der Waals surface area contributed by atoms with Crippen LogP contribution in [-0.2, 0) is 6.42 Å². The number of hydrogen-bond acceptors (Lipinski definition) is 3. The maximum atomic E-state index is 14.2. The average Bonchev–Trinajstić information content (AvgIpc) is 2.46. The number of ether oxygens (including phenoxy) is 2. The molecule has 2 N–H and O–H groups in total. The van der Waals surface area contributed by atoms with Gasteiger partial charge in [0.05, 0.1) is 13.2 Å². The Morgan fingerprint density at radius 3 is 2.19 bits per heavy atom. The van der Waals surface area contributed by atoms with Gasteiger partial charge in [-0.25, -0.2) is 4.39 Å². The second-order valence-electron chi connectivity index (χ2n) is 5.47. The van der Waals surface area contributed by atoms with E-state index in [2.05, 4.69) is 6.92 Å². The molecule has 0 fully saturated rings. The normalized spacial score (nSPS) is 12.2. The molecule has 1 rings (SSSR count). The largest absolute Gasteiger partial charge is 0.490 e. The SMILES string of the molecule is CCCOc1cc(F)c(CC(C)CCN)cc1OCCC. The van der Waals surface area contributed by atoms with Crippen LogP contribution in [0.5, 0.6) is 11.5 Å². The Kier molecular flexibility index (Phi) is 8.13. The van der Waals surface area contributed by atoms with Gasteiger partial charge in [-0.05, 0) is 49.8 Å². The van der Waals surface area contributed by atoms with Gasteiger partial charge in [-0.3, -0.25) is 0 Å². The second-order valence-corrected chi connectivity index (χ2v) is 5.47. The molecule has 120 valence electrons. The maximum absolute atomic E-state index is 14.2. The zero-order valence-electron chi connectivity index (χ0n) is 13.5. The first-order chi connectivity index (χ1) is 10.1. The molecular weight excluding hydrogens is 269 g/mol. The van der Waals surface area contributed by atoms with Crippen LogP contribution in [0.1, 0.15) is 45.6 Å². The summed E-state index contributed by atoms with van der Waals surface area (Å²) in [6, 6.07) is 3.23. The van der Waals surface area contributed by atoms with E-state index in [1.54, 1.807) is 6.07 Å². The second kappa shape index (κ2) is 9.61. The molecule has 3 nitrogen and oxygen atoms in total. The van der Waals surface area contributed by atoms with Crippen LogP contribution in [-0.4, -0.2) is 19.8 Å². The van der Waals surface area contributed by atoms with Crippen molar-refractivity contribution in [2.24, 2.45) is 11.7 Å². The molecule has 0 bridgehead atoms. The van der Waals surface area contributed by atoms with E-state index in [0.717, 1.165) is 19.3 Å². The van der Waals surface area contributed by atoms with Gasteiger partial charge in [-0.1, -0.05) is 20.8 Å². The van der Waals surface area contributed by atoms with Crippen molar-refractivity contribution >= 4 is 0 Å². The van der Waals surface area contributed by atoms with Crippen molar-refractivity contribution in [3.63, 3.8) is 0 Å². The van der Waals surface area contributed by atoms with Crippen molar-refractivity contribution in [3.8, 4) is 11.5 Å². The fourth-order valence-electron chi connectivity index (χ4n) is 2.15. The Morgan fingerprint density at radius 2 is 1.67 bits per heavy atom. The molecule has 0 saturated heterocycles. The molecule has 0 heterocycles. The minimum absolute atomic E-state index is 0.228. The maximum Gasteiger partial charge on any atom is 0.164 e. The van der Waals surface area contributed by atoms with Gasteiger partial charge in [0, 0.05) is 6.07 Å². The van der Waals surface area contributed by atoms with Gasteiger partial charge in [-0.2, -0.15) is 0 Å². The summed E-state index contributed by atoms with van der Waals surface area (Å²) in [7, 11) is 0. The van der Waals surface area contributed by atoms with E-state index < -0.39 is 0 Å². The van der Waals surface area contributed by atoms with E-state index in [4.69, 9.17) is 15.2 Å². The van der Waals surface area contributed by atoms with Gasteiger partial charge >= 0.3 is 0 Å². The van der Waals surface area contributed by atoms with E-state index in [1.807, 2.05) is 13.8 Å². The summed E-state index contributed by atoms with van der Waals surface area (Å²) < 4.78 is 25.5. The molecule has 0 spiro atoms. The van der Waals surface area contributed by atoms with Crippen LogP contribution >= 0.6 is 0 Å². The third-order valence-corrected chi connectivity index (χ3v) is 3.26. The van der Waals surface area contributed by atoms with Gasteiger partial charge in [0.25, 0.3) is 0 Å². The Balaban J connectivity index is 2.93. The zero-order valence-corrected chi connectivity index (χ0v) is 13.5. The molecule has 0 aliphatic carbocycles. The molecule has 1 unspecified atom stereocenters. The minimum Gasteiger partial charge on any atom is -0.490 e. The smallest absolute Gasteiger partial charge is 0.164 e. The highest BCUT2D eigenvalue weighted by Gasteiger charge is 2.14. The van der Waals surface area contributed by atoms with Crippen LogP contribution in [0.4, 0.5) is 4.39 Å². The third-order valence-electron chi connectivity index (χ3n) is 3.26. The predicted octanol–water partition coefficient (Wildman–Crippen LogP) is 3.93. The Bertz CT molecular complexity index is 423. The van der Waals surface area contributed by atoms with Crippen LogP contribution in [0.15, 0.2) is 12.1 Å². The highest BCUT2D eigenvalue weighted by Crippen LogP contribution is 2.32. The van der Waals surface area contributed by atoms with Crippen LogP contribution in [0.3, 0.4) is 0 Å². The molecule has 21 heavy (non-hydrogen) atoms. The molecule has 0 saturated carbocycles. The van der Waals surface area contributed by atoms with Gasteiger partial charge in [0.1, 0.15) is 5.82 Å². The lowest BCUT2D eigenvalue weighted by atomic mass is 9.97. The minimum atomic E-state index is -0.228. The van der Waals surface area contributed by atoms with Crippen LogP contribution in [0.2, 0.25) is 0 Å². The number of halogens is 1. The number of rotatable bonds is 10.